The first-order valence-electron chi connectivity index (χ1n) is 8.61. The van der Waals surface area contributed by atoms with E-state index in [4.69, 9.17) is 4.74 Å². The molecule has 1 saturated heterocycles. The van der Waals surface area contributed by atoms with Crippen LogP contribution in [-0.4, -0.2) is 71.2 Å². The molecule has 0 aromatic heterocycles. The second-order valence-electron chi connectivity index (χ2n) is 6.60. The van der Waals surface area contributed by atoms with Crippen LogP contribution in [0, 0.1) is 5.92 Å². The summed E-state index contributed by atoms with van der Waals surface area (Å²) in [6.07, 6.45) is -0.851. The molecule has 144 valence electrons. The molecule has 1 rings (SSSR count). The normalized spacial score (nSPS) is 23.6. The first-order valence-corrected chi connectivity index (χ1v) is 8.61. The molecule has 1 aliphatic heterocycles. The Balaban J connectivity index is 2.71. The lowest BCUT2D eigenvalue weighted by molar-refractivity contribution is -0.150. The van der Waals surface area contributed by atoms with Gasteiger partial charge in [0.05, 0.1) is 0 Å². The van der Waals surface area contributed by atoms with Crippen molar-refractivity contribution in [3.8, 4) is 0 Å². The van der Waals surface area contributed by atoms with E-state index in [0.717, 1.165) is 12.8 Å². The first-order chi connectivity index (χ1) is 11.8. The van der Waals surface area contributed by atoms with Gasteiger partial charge in [-0.2, -0.15) is 0 Å². The van der Waals surface area contributed by atoms with E-state index >= 15 is 0 Å². The molecule has 8 heteroatoms. The maximum absolute atomic E-state index is 12.3. The van der Waals surface area contributed by atoms with Gasteiger partial charge >= 0.3 is 0 Å². The molecular formula is C17H30N2O6. The van der Waals surface area contributed by atoms with Crippen molar-refractivity contribution >= 4 is 11.8 Å². The van der Waals surface area contributed by atoms with Crippen LogP contribution in [0.2, 0.25) is 0 Å². The Hall–Kier alpha value is -1.48. The summed E-state index contributed by atoms with van der Waals surface area (Å²) in [5, 5.41) is 35.4. The van der Waals surface area contributed by atoms with E-state index in [1.165, 1.54) is 13.2 Å². The number of aliphatic hydroxyl groups excluding tert-OH is 3. The molecule has 0 aliphatic carbocycles. The number of allylic oxidation sites excluding steroid dienone is 1. The monoisotopic (exact) mass is 358 g/mol. The average Bonchev–Trinajstić information content (AvgIpc) is 2.77. The topological polar surface area (TPSA) is 128 Å². The molecule has 0 radical (unpaired) electrons. The van der Waals surface area contributed by atoms with Gasteiger partial charge in [-0.15, -0.1) is 0 Å². The molecule has 0 unspecified atom stereocenters. The molecular weight excluding hydrogens is 328 g/mol. The van der Waals surface area contributed by atoms with Crippen molar-refractivity contribution in [2.45, 2.75) is 63.6 Å². The lowest BCUT2D eigenvalue weighted by Crippen LogP contribution is -2.55. The molecule has 5 atom stereocenters. The number of hydrogen-bond donors (Lipinski definition) is 5. The number of carbonyl (C=O) groups excluding carboxylic acids is 2. The molecule has 2 amide bonds. The van der Waals surface area contributed by atoms with Gasteiger partial charge in [-0.3, -0.25) is 9.59 Å². The van der Waals surface area contributed by atoms with Crippen LogP contribution in [0.25, 0.3) is 0 Å². The molecule has 8 nitrogen and oxygen atoms in total. The molecule has 1 fully saturated rings. The van der Waals surface area contributed by atoms with Crippen molar-refractivity contribution in [1.82, 2.24) is 10.6 Å². The molecule has 0 aromatic carbocycles. The molecule has 0 aromatic rings. The maximum Gasteiger partial charge on any atom is 0.252 e. The Morgan fingerprint density at radius 2 is 1.92 bits per heavy atom. The van der Waals surface area contributed by atoms with E-state index in [1.807, 2.05) is 13.8 Å². The Labute approximate surface area is 148 Å². The standard InChI is InChI=1S/C17H30N2O6/c1-10(2)7-8-12(20)13(21)14(22)15(25-3)17(24)19-11-6-4-5-9-18-16(11)23/h7-8,10-15,20-22H,4-6,9H2,1-3H3,(H,18,23)(H,19,24)/b8-7-/t11-,12+,13-,14+,15+/m0/s1. The number of hydrogen-bond acceptors (Lipinski definition) is 6. The van der Waals surface area contributed by atoms with Crippen molar-refractivity contribution in [3.63, 3.8) is 0 Å². The lowest BCUT2D eigenvalue weighted by atomic mass is 10.0. The minimum atomic E-state index is -1.65. The van der Waals surface area contributed by atoms with E-state index in [9.17, 15) is 24.9 Å². The zero-order chi connectivity index (χ0) is 19.0. The fourth-order valence-corrected chi connectivity index (χ4v) is 2.56. The third-order valence-corrected chi connectivity index (χ3v) is 4.07. The Morgan fingerprint density at radius 1 is 1.24 bits per heavy atom. The number of carbonyl (C=O) groups is 2. The van der Waals surface area contributed by atoms with Crippen molar-refractivity contribution in [3.05, 3.63) is 12.2 Å². The van der Waals surface area contributed by atoms with Crippen LogP contribution in [-0.2, 0) is 14.3 Å². The van der Waals surface area contributed by atoms with Gasteiger partial charge in [0.2, 0.25) is 5.91 Å². The zero-order valence-corrected chi connectivity index (χ0v) is 15.0. The van der Waals surface area contributed by atoms with Gasteiger partial charge < -0.3 is 30.7 Å². The number of ether oxygens (including phenoxy) is 1. The number of methoxy groups -OCH3 is 1. The summed E-state index contributed by atoms with van der Waals surface area (Å²) in [7, 11) is 1.21. The van der Waals surface area contributed by atoms with Crippen LogP contribution >= 0.6 is 0 Å². The predicted octanol–water partition coefficient (Wildman–Crippen LogP) is -0.919. The van der Waals surface area contributed by atoms with Gasteiger partial charge in [-0.1, -0.05) is 26.0 Å². The van der Waals surface area contributed by atoms with E-state index in [-0.39, 0.29) is 11.8 Å². The van der Waals surface area contributed by atoms with E-state index in [0.29, 0.717) is 13.0 Å². The van der Waals surface area contributed by atoms with Crippen LogP contribution < -0.4 is 10.6 Å². The van der Waals surface area contributed by atoms with Crippen molar-refractivity contribution in [1.29, 1.82) is 0 Å². The number of aliphatic hydroxyl groups is 3. The lowest BCUT2D eigenvalue weighted by Gasteiger charge is -2.28. The Kier molecular flexibility index (Phi) is 9.05. The maximum atomic E-state index is 12.3. The number of nitrogens with one attached hydrogen (secondary N) is 2. The van der Waals surface area contributed by atoms with Crippen LogP contribution in [0.15, 0.2) is 12.2 Å². The fraction of sp³-hybridized carbons (Fsp3) is 0.765. The second-order valence-corrected chi connectivity index (χ2v) is 6.60. The molecule has 1 heterocycles. The summed E-state index contributed by atoms with van der Waals surface area (Å²) in [4.78, 5) is 24.2. The highest BCUT2D eigenvalue weighted by Gasteiger charge is 2.36. The van der Waals surface area contributed by atoms with Gasteiger partial charge in [0.1, 0.15) is 24.4 Å². The molecule has 1 aliphatic rings. The summed E-state index contributed by atoms with van der Waals surface area (Å²) in [6.45, 7) is 4.36. The number of amides is 2. The van der Waals surface area contributed by atoms with Gasteiger partial charge in [-0.05, 0) is 25.2 Å². The average molecular weight is 358 g/mol. The zero-order valence-electron chi connectivity index (χ0n) is 15.0. The van der Waals surface area contributed by atoms with E-state index in [1.54, 1.807) is 6.08 Å². The number of rotatable bonds is 8. The summed E-state index contributed by atoms with van der Waals surface area (Å²) in [6, 6.07) is -0.706. The largest absolute Gasteiger partial charge is 0.387 e. The molecule has 5 N–H and O–H groups in total. The Bertz CT molecular complexity index is 468. The Morgan fingerprint density at radius 3 is 2.52 bits per heavy atom. The van der Waals surface area contributed by atoms with Gasteiger partial charge in [-0.25, -0.2) is 0 Å². The molecule has 0 spiro atoms. The third-order valence-electron chi connectivity index (χ3n) is 4.07. The minimum absolute atomic E-state index is 0.161. The van der Waals surface area contributed by atoms with Gasteiger partial charge in [0.25, 0.3) is 5.91 Å². The predicted molar refractivity (Wildman–Crippen MR) is 91.6 cm³/mol. The highest BCUT2D eigenvalue weighted by Crippen LogP contribution is 2.12. The third kappa shape index (κ3) is 6.74. The van der Waals surface area contributed by atoms with Crippen LogP contribution in [0.1, 0.15) is 33.1 Å². The SMILES string of the molecule is CO[C@@H](C(=O)N[C@H]1CCCCNC1=O)[C@H](O)[C@@H](O)[C@H](O)/C=C\C(C)C. The highest BCUT2D eigenvalue weighted by molar-refractivity contribution is 5.89. The highest BCUT2D eigenvalue weighted by atomic mass is 16.5. The second kappa shape index (κ2) is 10.5. The van der Waals surface area contributed by atoms with Crippen LogP contribution in [0.3, 0.4) is 0 Å². The van der Waals surface area contributed by atoms with Crippen LogP contribution in [0.5, 0.6) is 0 Å². The summed E-state index contributed by atoms with van der Waals surface area (Å²) >= 11 is 0. The van der Waals surface area contributed by atoms with Crippen molar-refractivity contribution in [2.75, 3.05) is 13.7 Å². The van der Waals surface area contributed by atoms with Crippen molar-refractivity contribution < 1.29 is 29.6 Å². The summed E-state index contributed by atoms with van der Waals surface area (Å²) in [5.74, 6) is -0.832. The van der Waals surface area contributed by atoms with Gasteiger partial charge in [0, 0.05) is 13.7 Å². The van der Waals surface area contributed by atoms with E-state index in [2.05, 4.69) is 10.6 Å². The quantitative estimate of drug-likeness (QED) is 0.357. The minimum Gasteiger partial charge on any atom is -0.387 e. The first kappa shape index (κ1) is 21.6. The fourth-order valence-electron chi connectivity index (χ4n) is 2.56. The molecule has 0 saturated carbocycles. The van der Waals surface area contributed by atoms with Crippen LogP contribution in [0.4, 0.5) is 0 Å². The smallest absolute Gasteiger partial charge is 0.252 e. The molecule has 0 bridgehead atoms. The molecule has 25 heavy (non-hydrogen) atoms. The van der Waals surface area contributed by atoms with E-state index < -0.39 is 36.4 Å². The van der Waals surface area contributed by atoms with Crippen molar-refractivity contribution in [2.24, 2.45) is 5.92 Å². The van der Waals surface area contributed by atoms with Gasteiger partial charge in [0.15, 0.2) is 6.10 Å². The summed E-state index contributed by atoms with van der Waals surface area (Å²) < 4.78 is 4.99. The summed E-state index contributed by atoms with van der Waals surface area (Å²) in [5.41, 5.74) is 0.